The molecule has 0 bridgehead atoms. The summed E-state index contributed by atoms with van der Waals surface area (Å²) in [6, 6.07) is 0.274. The molecule has 2 fully saturated rings. The predicted molar refractivity (Wildman–Crippen MR) is 80.5 cm³/mol. The zero-order valence-electron chi connectivity index (χ0n) is 13.2. The van der Waals surface area contributed by atoms with Crippen LogP contribution in [0.3, 0.4) is 0 Å². The van der Waals surface area contributed by atoms with Gasteiger partial charge in [0, 0.05) is 6.04 Å². The maximum Gasteiger partial charge on any atom is 0.407 e. The van der Waals surface area contributed by atoms with E-state index in [9.17, 15) is 4.79 Å². The van der Waals surface area contributed by atoms with Crippen LogP contribution in [0.1, 0.15) is 65.7 Å². The van der Waals surface area contributed by atoms with Crippen molar-refractivity contribution in [3.63, 3.8) is 0 Å². The molecule has 0 heterocycles. The first-order valence-electron chi connectivity index (χ1n) is 8.04. The van der Waals surface area contributed by atoms with Crippen LogP contribution in [0.4, 0.5) is 4.79 Å². The molecule has 0 saturated heterocycles. The lowest BCUT2D eigenvalue weighted by atomic mass is 9.57. The number of rotatable bonds is 3. The fourth-order valence-electron chi connectivity index (χ4n) is 3.73. The Balaban J connectivity index is 1.76. The summed E-state index contributed by atoms with van der Waals surface area (Å²) in [5.74, 6) is 0.762. The van der Waals surface area contributed by atoms with Crippen molar-refractivity contribution in [2.24, 2.45) is 17.1 Å². The van der Waals surface area contributed by atoms with Gasteiger partial charge >= 0.3 is 6.09 Å². The van der Waals surface area contributed by atoms with Crippen molar-refractivity contribution < 1.29 is 9.53 Å². The molecule has 2 rings (SSSR count). The second-order valence-corrected chi connectivity index (χ2v) is 7.61. The summed E-state index contributed by atoms with van der Waals surface area (Å²) in [4.78, 5) is 11.8. The van der Waals surface area contributed by atoms with Gasteiger partial charge in [-0.05, 0) is 77.2 Å². The first kappa shape index (κ1) is 15.6. The van der Waals surface area contributed by atoms with Crippen molar-refractivity contribution in [1.82, 2.24) is 5.32 Å². The quantitative estimate of drug-likeness (QED) is 0.835. The molecule has 2 aliphatic carbocycles. The minimum atomic E-state index is -0.420. The lowest BCUT2D eigenvalue weighted by Crippen LogP contribution is -2.47. The zero-order chi connectivity index (χ0) is 14.8. The molecule has 0 atom stereocenters. The summed E-state index contributed by atoms with van der Waals surface area (Å²) in [6.07, 6.45) is 8.18. The van der Waals surface area contributed by atoms with E-state index in [1.54, 1.807) is 0 Å². The van der Waals surface area contributed by atoms with E-state index in [0.29, 0.717) is 5.41 Å². The molecule has 0 aromatic rings. The van der Waals surface area contributed by atoms with E-state index in [2.05, 4.69) is 5.32 Å². The number of ether oxygens (including phenoxy) is 1. The highest BCUT2D eigenvalue weighted by Crippen LogP contribution is 2.51. The van der Waals surface area contributed by atoms with E-state index in [1.807, 2.05) is 20.8 Å². The van der Waals surface area contributed by atoms with Crippen molar-refractivity contribution in [3.05, 3.63) is 0 Å². The molecule has 0 aromatic heterocycles. The van der Waals surface area contributed by atoms with E-state index in [0.717, 1.165) is 25.3 Å². The van der Waals surface area contributed by atoms with Crippen LogP contribution in [0.25, 0.3) is 0 Å². The van der Waals surface area contributed by atoms with E-state index < -0.39 is 5.60 Å². The van der Waals surface area contributed by atoms with Gasteiger partial charge < -0.3 is 15.8 Å². The van der Waals surface area contributed by atoms with Gasteiger partial charge in [-0.25, -0.2) is 4.79 Å². The molecule has 20 heavy (non-hydrogen) atoms. The standard InChI is InChI=1S/C16H30N2O2/c1-15(2,3)20-14(19)18-13-7-5-12(6-8-13)16(11-17)9-4-10-16/h12-13H,4-11,17H2,1-3H3,(H,18,19). The predicted octanol–water partition coefficient (Wildman–Crippen LogP) is 3.20. The van der Waals surface area contributed by atoms with Crippen LogP contribution in [0.5, 0.6) is 0 Å². The highest BCUT2D eigenvalue weighted by atomic mass is 16.6. The van der Waals surface area contributed by atoms with Gasteiger partial charge in [0.05, 0.1) is 0 Å². The highest BCUT2D eigenvalue weighted by molar-refractivity contribution is 5.68. The lowest BCUT2D eigenvalue weighted by Gasteiger charge is -2.49. The topological polar surface area (TPSA) is 64.3 Å². The largest absolute Gasteiger partial charge is 0.444 e. The third-order valence-electron chi connectivity index (χ3n) is 5.07. The SMILES string of the molecule is CC(C)(C)OC(=O)NC1CCC(C2(CN)CCC2)CC1. The number of hydrogen-bond donors (Lipinski definition) is 2. The second-order valence-electron chi connectivity index (χ2n) is 7.61. The highest BCUT2D eigenvalue weighted by Gasteiger charge is 2.43. The smallest absolute Gasteiger partial charge is 0.407 e. The van der Waals surface area contributed by atoms with Crippen molar-refractivity contribution in [2.45, 2.75) is 77.4 Å². The summed E-state index contributed by atoms with van der Waals surface area (Å²) in [7, 11) is 0. The maximum atomic E-state index is 11.8. The Morgan fingerprint density at radius 1 is 1.25 bits per heavy atom. The monoisotopic (exact) mass is 282 g/mol. The van der Waals surface area contributed by atoms with Gasteiger partial charge in [-0.3, -0.25) is 0 Å². The Labute approximate surface area is 122 Å². The van der Waals surface area contributed by atoms with E-state index in [1.165, 1.54) is 32.1 Å². The summed E-state index contributed by atoms with van der Waals surface area (Å²) in [6.45, 7) is 6.52. The van der Waals surface area contributed by atoms with E-state index >= 15 is 0 Å². The molecule has 4 heteroatoms. The van der Waals surface area contributed by atoms with Gasteiger partial charge in [0.25, 0.3) is 0 Å². The van der Waals surface area contributed by atoms with Crippen molar-refractivity contribution in [2.75, 3.05) is 6.54 Å². The average Bonchev–Trinajstić information content (AvgIpc) is 2.28. The Hall–Kier alpha value is -0.770. The van der Waals surface area contributed by atoms with Gasteiger partial charge in [0.1, 0.15) is 5.60 Å². The van der Waals surface area contributed by atoms with Crippen molar-refractivity contribution >= 4 is 6.09 Å². The minimum absolute atomic E-state index is 0.274. The molecule has 0 radical (unpaired) electrons. The van der Waals surface area contributed by atoms with Crippen LogP contribution in [0.2, 0.25) is 0 Å². The molecular formula is C16H30N2O2. The van der Waals surface area contributed by atoms with E-state index in [-0.39, 0.29) is 12.1 Å². The molecule has 2 aliphatic rings. The molecule has 3 N–H and O–H groups in total. The van der Waals surface area contributed by atoms with Gasteiger partial charge in [-0.1, -0.05) is 6.42 Å². The van der Waals surface area contributed by atoms with E-state index in [4.69, 9.17) is 10.5 Å². The summed E-state index contributed by atoms with van der Waals surface area (Å²) >= 11 is 0. The number of alkyl carbamates (subject to hydrolysis) is 1. The van der Waals surface area contributed by atoms with Gasteiger partial charge in [-0.15, -0.1) is 0 Å². The molecule has 1 amide bonds. The lowest BCUT2D eigenvalue weighted by molar-refractivity contribution is 0.0244. The van der Waals surface area contributed by atoms with Gasteiger partial charge in [0.2, 0.25) is 0 Å². The normalized spacial score (nSPS) is 29.4. The fourth-order valence-corrected chi connectivity index (χ4v) is 3.73. The molecule has 0 spiro atoms. The summed E-state index contributed by atoms with van der Waals surface area (Å²) in [5, 5.41) is 3.01. The third kappa shape index (κ3) is 3.66. The first-order valence-corrected chi connectivity index (χ1v) is 8.04. The Bertz CT molecular complexity index is 331. The fraction of sp³-hybridized carbons (Fsp3) is 0.938. The van der Waals surface area contributed by atoms with Gasteiger partial charge in [-0.2, -0.15) is 0 Å². The van der Waals surface area contributed by atoms with Gasteiger partial charge in [0.15, 0.2) is 0 Å². The van der Waals surface area contributed by atoms with Crippen LogP contribution in [0.15, 0.2) is 0 Å². The molecule has 4 nitrogen and oxygen atoms in total. The molecular weight excluding hydrogens is 252 g/mol. The minimum Gasteiger partial charge on any atom is -0.444 e. The number of hydrogen-bond acceptors (Lipinski definition) is 3. The first-order chi connectivity index (χ1) is 9.35. The van der Waals surface area contributed by atoms with Crippen LogP contribution >= 0.6 is 0 Å². The molecule has 2 saturated carbocycles. The van der Waals surface area contributed by atoms with Crippen molar-refractivity contribution in [1.29, 1.82) is 0 Å². The number of carbonyl (C=O) groups is 1. The Kier molecular flexibility index (Phi) is 4.62. The van der Waals surface area contributed by atoms with Crippen LogP contribution in [-0.2, 0) is 4.74 Å². The zero-order valence-corrected chi connectivity index (χ0v) is 13.2. The number of nitrogens with two attached hydrogens (primary N) is 1. The molecule has 0 unspecified atom stereocenters. The molecule has 0 aliphatic heterocycles. The third-order valence-corrected chi connectivity index (χ3v) is 5.07. The number of amides is 1. The van der Waals surface area contributed by atoms with Crippen LogP contribution in [-0.4, -0.2) is 24.3 Å². The molecule has 116 valence electrons. The number of carbonyl (C=O) groups excluding carboxylic acids is 1. The molecule has 0 aromatic carbocycles. The maximum absolute atomic E-state index is 11.8. The van der Waals surface area contributed by atoms with Crippen LogP contribution < -0.4 is 11.1 Å². The second kappa shape index (κ2) is 5.92. The van der Waals surface area contributed by atoms with Crippen LogP contribution in [0, 0.1) is 11.3 Å². The average molecular weight is 282 g/mol. The Morgan fingerprint density at radius 3 is 2.25 bits per heavy atom. The summed E-state index contributed by atoms with van der Waals surface area (Å²) < 4.78 is 5.32. The van der Waals surface area contributed by atoms with Crippen molar-refractivity contribution in [3.8, 4) is 0 Å². The number of nitrogens with one attached hydrogen (secondary N) is 1. The Morgan fingerprint density at radius 2 is 1.85 bits per heavy atom. The summed E-state index contributed by atoms with van der Waals surface area (Å²) in [5.41, 5.74) is 6.00.